The molecule has 2 aromatic rings. The van der Waals surface area contributed by atoms with Crippen molar-refractivity contribution in [2.45, 2.75) is 11.6 Å². The zero-order valence-corrected chi connectivity index (χ0v) is 10.4. The van der Waals surface area contributed by atoms with E-state index < -0.39 is 0 Å². The number of hydrogen-bond donors (Lipinski definition) is 1. The molecule has 0 atom stereocenters. The van der Waals surface area contributed by atoms with Gasteiger partial charge in [-0.2, -0.15) is 0 Å². The molecule has 0 unspecified atom stereocenters. The van der Waals surface area contributed by atoms with Gasteiger partial charge in [-0.3, -0.25) is 9.36 Å². The van der Waals surface area contributed by atoms with Gasteiger partial charge in [-0.25, -0.2) is 4.98 Å². The second-order valence-corrected chi connectivity index (χ2v) is 4.76. The summed E-state index contributed by atoms with van der Waals surface area (Å²) in [5.41, 5.74) is 0.698. The quantitative estimate of drug-likeness (QED) is 0.506. The molecule has 0 aliphatic rings. The summed E-state index contributed by atoms with van der Waals surface area (Å²) in [6, 6.07) is 7.33. The predicted octanol–water partition coefficient (Wildman–Crippen LogP) is 1.41. The van der Waals surface area contributed by atoms with Gasteiger partial charge in [0.05, 0.1) is 10.9 Å². The molecule has 0 fully saturated rings. The number of aromatic nitrogens is 2. The summed E-state index contributed by atoms with van der Waals surface area (Å²) in [5.74, 6) is 0.759. The standard InChI is InChI=1S/C12H14N2O2S/c1-14-11(16)9-5-2-3-6-10(9)13-12(14)17-8-4-7-15/h2-3,5-6,15H,4,7-8H2,1H3. The van der Waals surface area contributed by atoms with Gasteiger partial charge in [-0.15, -0.1) is 0 Å². The smallest absolute Gasteiger partial charge is 0.261 e. The fourth-order valence-electron chi connectivity index (χ4n) is 1.55. The molecule has 0 saturated carbocycles. The summed E-state index contributed by atoms with van der Waals surface area (Å²) in [4.78, 5) is 16.5. The molecule has 0 spiro atoms. The lowest BCUT2D eigenvalue weighted by Crippen LogP contribution is -2.20. The minimum Gasteiger partial charge on any atom is -0.396 e. The van der Waals surface area contributed by atoms with E-state index in [4.69, 9.17) is 5.11 Å². The zero-order valence-electron chi connectivity index (χ0n) is 9.59. The molecule has 0 bridgehead atoms. The van der Waals surface area contributed by atoms with Crippen molar-refractivity contribution < 1.29 is 5.11 Å². The number of nitrogens with zero attached hydrogens (tertiary/aromatic N) is 2. The molecule has 2 rings (SSSR count). The Bertz CT molecular complexity index is 580. The van der Waals surface area contributed by atoms with Crippen LogP contribution in [0.1, 0.15) is 6.42 Å². The second kappa shape index (κ2) is 5.33. The van der Waals surface area contributed by atoms with Crippen LogP contribution in [-0.2, 0) is 7.05 Å². The van der Waals surface area contributed by atoms with E-state index in [1.807, 2.05) is 18.2 Å². The third-order valence-electron chi connectivity index (χ3n) is 2.48. The Morgan fingerprint density at radius 2 is 2.18 bits per heavy atom. The van der Waals surface area contributed by atoms with Gasteiger partial charge in [0, 0.05) is 19.4 Å². The van der Waals surface area contributed by atoms with Crippen LogP contribution in [0, 0.1) is 0 Å². The van der Waals surface area contributed by atoms with Crippen molar-refractivity contribution in [1.82, 2.24) is 9.55 Å². The van der Waals surface area contributed by atoms with Crippen LogP contribution >= 0.6 is 11.8 Å². The highest BCUT2D eigenvalue weighted by atomic mass is 32.2. The molecule has 1 heterocycles. The minimum absolute atomic E-state index is 0.0258. The molecule has 0 amide bonds. The van der Waals surface area contributed by atoms with Gasteiger partial charge in [-0.1, -0.05) is 23.9 Å². The molecule has 0 saturated heterocycles. The van der Waals surface area contributed by atoms with E-state index in [9.17, 15) is 4.79 Å². The molecule has 5 heteroatoms. The van der Waals surface area contributed by atoms with Crippen molar-refractivity contribution >= 4 is 22.7 Å². The number of benzene rings is 1. The SMILES string of the molecule is Cn1c(SCCCO)nc2ccccc2c1=O. The maximum atomic E-state index is 12.0. The van der Waals surface area contributed by atoms with Crippen LogP contribution in [-0.4, -0.2) is 27.0 Å². The maximum absolute atomic E-state index is 12.0. The fraction of sp³-hybridized carbons (Fsp3) is 0.333. The minimum atomic E-state index is -0.0258. The number of para-hydroxylation sites is 1. The molecule has 17 heavy (non-hydrogen) atoms. The summed E-state index contributed by atoms with van der Waals surface area (Å²) in [6.45, 7) is 0.161. The van der Waals surface area contributed by atoms with Crippen molar-refractivity contribution in [3.05, 3.63) is 34.6 Å². The highest BCUT2D eigenvalue weighted by Crippen LogP contribution is 2.17. The van der Waals surface area contributed by atoms with Crippen LogP contribution in [0.5, 0.6) is 0 Å². The Kier molecular flexibility index (Phi) is 3.81. The van der Waals surface area contributed by atoms with E-state index >= 15 is 0 Å². The monoisotopic (exact) mass is 250 g/mol. The molecule has 4 nitrogen and oxygen atoms in total. The van der Waals surface area contributed by atoms with Gasteiger partial charge in [-0.05, 0) is 18.6 Å². The lowest BCUT2D eigenvalue weighted by Gasteiger charge is -2.07. The number of fused-ring (bicyclic) bond motifs is 1. The first-order valence-corrected chi connectivity index (χ1v) is 6.42. The van der Waals surface area contributed by atoms with E-state index in [0.29, 0.717) is 17.0 Å². The van der Waals surface area contributed by atoms with Gasteiger partial charge < -0.3 is 5.11 Å². The van der Waals surface area contributed by atoms with E-state index in [1.54, 1.807) is 17.7 Å². The van der Waals surface area contributed by atoms with Crippen LogP contribution in [0.25, 0.3) is 10.9 Å². The average molecular weight is 250 g/mol. The first-order valence-electron chi connectivity index (χ1n) is 5.43. The molecule has 1 aromatic heterocycles. The Morgan fingerprint density at radius 3 is 2.94 bits per heavy atom. The molecule has 90 valence electrons. The van der Waals surface area contributed by atoms with E-state index in [-0.39, 0.29) is 12.2 Å². The lowest BCUT2D eigenvalue weighted by molar-refractivity contribution is 0.296. The number of thioether (sulfide) groups is 1. The Morgan fingerprint density at radius 1 is 1.41 bits per heavy atom. The fourth-order valence-corrected chi connectivity index (χ4v) is 2.45. The lowest BCUT2D eigenvalue weighted by atomic mass is 10.2. The van der Waals surface area contributed by atoms with Crippen molar-refractivity contribution in [3.63, 3.8) is 0 Å². The number of aliphatic hydroxyl groups is 1. The van der Waals surface area contributed by atoms with E-state index in [2.05, 4.69) is 4.98 Å². The highest BCUT2D eigenvalue weighted by molar-refractivity contribution is 7.99. The van der Waals surface area contributed by atoms with Crippen molar-refractivity contribution in [2.24, 2.45) is 7.05 Å². The Labute approximate surface area is 103 Å². The third-order valence-corrected chi connectivity index (χ3v) is 3.59. The summed E-state index contributed by atoms with van der Waals surface area (Å²) in [6.07, 6.45) is 0.702. The average Bonchev–Trinajstić information content (AvgIpc) is 2.35. The molecule has 0 aliphatic heterocycles. The normalized spacial score (nSPS) is 10.9. The third kappa shape index (κ3) is 2.50. The van der Waals surface area contributed by atoms with Crippen molar-refractivity contribution in [1.29, 1.82) is 0 Å². The number of hydrogen-bond acceptors (Lipinski definition) is 4. The first-order chi connectivity index (χ1) is 8.24. The van der Waals surface area contributed by atoms with Gasteiger partial charge in [0.15, 0.2) is 5.16 Å². The van der Waals surface area contributed by atoms with Crippen LogP contribution in [0.4, 0.5) is 0 Å². The maximum Gasteiger partial charge on any atom is 0.261 e. The van der Waals surface area contributed by atoms with Gasteiger partial charge in [0.2, 0.25) is 0 Å². The topological polar surface area (TPSA) is 55.1 Å². The molecule has 0 radical (unpaired) electrons. The first kappa shape index (κ1) is 12.1. The summed E-state index contributed by atoms with van der Waals surface area (Å²) in [5, 5.41) is 10.1. The highest BCUT2D eigenvalue weighted by Gasteiger charge is 2.07. The molecular formula is C12H14N2O2S. The van der Waals surface area contributed by atoms with Gasteiger partial charge >= 0.3 is 0 Å². The number of rotatable bonds is 4. The van der Waals surface area contributed by atoms with Gasteiger partial charge in [0.1, 0.15) is 0 Å². The van der Waals surface area contributed by atoms with Crippen LogP contribution in [0.3, 0.4) is 0 Å². The predicted molar refractivity (Wildman–Crippen MR) is 69.4 cm³/mol. The van der Waals surface area contributed by atoms with Crippen molar-refractivity contribution in [2.75, 3.05) is 12.4 Å². The van der Waals surface area contributed by atoms with Crippen LogP contribution in [0.2, 0.25) is 0 Å². The second-order valence-electron chi connectivity index (χ2n) is 3.70. The van der Waals surface area contributed by atoms with Crippen LogP contribution < -0.4 is 5.56 Å². The summed E-state index contributed by atoms with van der Waals surface area (Å²) in [7, 11) is 1.73. The summed E-state index contributed by atoms with van der Waals surface area (Å²) >= 11 is 1.49. The van der Waals surface area contributed by atoms with Crippen molar-refractivity contribution in [3.8, 4) is 0 Å². The number of aliphatic hydroxyl groups excluding tert-OH is 1. The largest absolute Gasteiger partial charge is 0.396 e. The zero-order chi connectivity index (χ0) is 12.3. The Hall–Kier alpha value is -1.33. The molecular weight excluding hydrogens is 236 g/mol. The molecule has 1 N–H and O–H groups in total. The molecule has 0 aliphatic carbocycles. The van der Waals surface area contributed by atoms with Crippen LogP contribution in [0.15, 0.2) is 34.2 Å². The summed E-state index contributed by atoms with van der Waals surface area (Å²) < 4.78 is 1.56. The van der Waals surface area contributed by atoms with Gasteiger partial charge in [0.25, 0.3) is 5.56 Å². The Balaban J connectivity index is 2.43. The molecule has 1 aromatic carbocycles. The van der Waals surface area contributed by atoms with E-state index in [1.165, 1.54) is 11.8 Å². The van der Waals surface area contributed by atoms with E-state index in [0.717, 1.165) is 11.3 Å².